The number of rotatable bonds is 9. The van der Waals surface area contributed by atoms with Gasteiger partial charge in [0.25, 0.3) is 5.91 Å². The van der Waals surface area contributed by atoms with Crippen LogP contribution in [0.3, 0.4) is 0 Å². The van der Waals surface area contributed by atoms with E-state index in [1.165, 1.54) is 18.3 Å². The van der Waals surface area contributed by atoms with Crippen LogP contribution in [0.4, 0.5) is 0 Å². The molecule has 29 heavy (non-hydrogen) atoms. The first-order valence-corrected chi connectivity index (χ1v) is 9.56. The predicted molar refractivity (Wildman–Crippen MR) is 113 cm³/mol. The topological polar surface area (TPSA) is 89.0 Å². The van der Waals surface area contributed by atoms with E-state index in [1.54, 1.807) is 31.4 Å². The Bertz CT molecular complexity index is 903. The van der Waals surface area contributed by atoms with Gasteiger partial charge in [-0.2, -0.15) is 5.10 Å². The third kappa shape index (κ3) is 6.96. The summed E-state index contributed by atoms with van der Waals surface area (Å²) >= 11 is 11.7. The van der Waals surface area contributed by atoms with Crippen LogP contribution < -0.4 is 20.2 Å². The molecule has 0 bridgehead atoms. The van der Waals surface area contributed by atoms with Crippen LogP contribution in [0, 0.1) is 0 Å². The van der Waals surface area contributed by atoms with Crippen molar-refractivity contribution in [2.24, 2.45) is 5.10 Å². The highest BCUT2D eigenvalue weighted by Crippen LogP contribution is 2.27. The molecule has 2 amide bonds. The molecule has 0 unspecified atom stereocenters. The van der Waals surface area contributed by atoms with Crippen LogP contribution in [0.5, 0.6) is 11.5 Å². The molecule has 2 N–H and O–H groups in total. The molecule has 2 aromatic rings. The van der Waals surface area contributed by atoms with Crippen molar-refractivity contribution < 1.29 is 19.1 Å². The predicted octanol–water partition coefficient (Wildman–Crippen LogP) is 3.67. The Balaban J connectivity index is 1.79. The number of benzene rings is 2. The summed E-state index contributed by atoms with van der Waals surface area (Å²) in [6, 6.07) is 9.87. The molecule has 0 fully saturated rings. The number of nitrogens with zero attached hydrogens (tertiary/aromatic N) is 1. The fraction of sp³-hybridized carbons (Fsp3) is 0.250. The van der Waals surface area contributed by atoms with Gasteiger partial charge in [0.2, 0.25) is 5.91 Å². The molecule has 0 atom stereocenters. The molecule has 7 nitrogen and oxygen atoms in total. The summed E-state index contributed by atoms with van der Waals surface area (Å²) in [6.07, 6.45) is 1.56. The van der Waals surface area contributed by atoms with E-state index in [0.717, 1.165) is 5.56 Å². The minimum atomic E-state index is -0.346. The number of amides is 2. The van der Waals surface area contributed by atoms with Crippen LogP contribution >= 0.6 is 23.2 Å². The summed E-state index contributed by atoms with van der Waals surface area (Å²) in [5.74, 6) is 0.524. The van der Waals surface area contributed by atoms with Crippen LogP contribution in [0.1, 0.15) is 29.3 Å². The SMILES string of the molecule is CCOc1ccc(C=NNC(=O)CCNC(=O)c2ccc(Cl)c(Cl)c2)cc1OC. The molecule has 0 saturated heterocycles. The molecule has 0 aliphatic carbocycles. The van der Waals surface area contributed by atoms with Gasteiger partial charge < -0.3 is 14.8 Å². The molecule has 0 saturated carbocycles. The Labute approximate surface area is 179 Å². The molecule has 2 aromatic carbocycles. The molecule has 0 radical (unpaired) electrons. The molecule has 0 aromatic heterocycles. The monoisotopic (exact) mass is 437 g/mol. The lowest BCUT2D eigenvalue weighted by Crippen LogP contribution is -2.29. The number of methoxy groups -OCH3 is 1. The lowest BCUT2D eigenvalue weighted by molar-refractivity contribution is -0.120. The van der Waals surface area contributed by atoms with Crippen LogP contribution in [0.25, 0.3) is 0 Å². The van der Waals surface area contributed by atoms with Gasteiger partial charge in [0, 0.05) is 18.5 Å². The molecule has 0 aliphatic rings. The molecular formula is C20H21Cl2N3O4. The Morgan fingerprint density at radius 3 is 2.59 bits per heavy atom. The minimum absolute atomic E-state index is 0.0665. The molecular weight excluding hydrogens is 417 g/mol. The summed E-state index contributed by atoms with van der Waals surface area (Å²) < 4.78 is 10.7. The molecule has 2 rings (SSSR count). The van der Waals surface area contributed by atoms with E-state index < -0.39 is 0 Å². The lowest BCUT2D eigenvalue weighted by Gasteiger charge is -2.09. The fourth-order valence-electron chi connectivity index (χ4n) is 2.30. The second kappa shape index (κ2) is 11.3. The first-order chi connectivity index (χ1) is 13.9. The maximum atomic E-state index is 12.0. The van der Waals surface area contributed by atoms with E-state index in [-0.39, 0.29) is 29.8 Å². The van der Waals surface area contributed by atoms with Gasteiger partial charge in [-0.15, -0.1) is 0 Å². The highest BCUT2D eigenvalue weighted by Gasteiger charge is 2.09. The van der Waals surface area contributed by atoms with Crippen molar-refractivity contribution in [2.45, 2.75) is 13.3 Å². The maximum absolute atomic E-state index is 12.0. The van der Waals surface area contributed by atoms with Crippen LogP contribution in [0.15, 0.2) is 41.5 Å². The summed E-state index contributed by atoms with van der Waals surface area (Å²) in [5, 5.41) is 7.19. The first-order valence-electron chi connectivity index (χ1n) is 8.80. The maximum Gasteiger partial charge on any atom is 0.251 e. The third-order valence-corrected chi connectivity index (χ3v) is 4.45. The van der Waals surface area contributed by atoms with Crippen molar-refractivity contribution in [1.29, 1.82) is 0 Å². The van der Waals surface area contributed by atoms with E-state index in [2.05, 4.69) is 15.8 Å². The number of carbonyl (C=O) groups excluding carboxylic acids is 2. The second-order valence-corrected chi connectivity index (χ2v) is 6.59. The van der Waals surface area contributed by atoms with E-state index in [9.17, 15) is 9.59 Å². The molecule has 9 heteroatoms. The number of ether oxygens (including phenoxy) is 2. The van der Waals surface area contributed by atoms with E-state index in [0.29, 0.717) is 28.7 Å². The van der Waals surface area contributed by atoms with Crippen molar-refractivity contribution in [3.05, 3.63) is 57.6 Å². The van der Waals surface area contributed by atoms with Gasteiger partial charge in [-0.05, 0) is 48.9 Å². The highest BCUT2D eigenvalue weighted by atomic mass is 35.5. The summed E-state index contributed by atoms with van der Waals surface area (Å²) in [6.45, 7) is 2.57. The minimum Gasteiger partial charge on any atom is -0.493 e. The van der Waals surface area contributed by atoms with Gasteiger partial charge in [-0.1, -0.05) is 23.2 Å². The summed E-state index contributed by atoms with van der Waals surface area (Å²) in [4.78, 5) is 23.9. The molecule has 0 heterocycles. The summed E-state index contributed by atoms with van der Waals surface area (Å²) in [5.41, 5.74) is 3.51. The zero-order chi connectivity index (χ0) is 21.2. The van der Waals surface area contributed by atoms with E-state index in [1.807, 2.05) is 6.92 Å². The van der Waals surface area contributed by atoms with E-state index in [4.69, 9.17) is 32.7 Å². The Morgan fingerprint density at radius 1 is 1.10 bits per heavy atom. The van der Waals surface area contributed by atoms with Crippen LogP contribution in [0.2, 0.25) is 10.0 Å². The van der Waals surface area contributed by atoms with Gasteiger partial charge in [0.05, 0.1) is 30.0 Å². The number of hydrogen-bond donors (Lipinski definition) is 2. The van der Waals surface area contributed by atoms with Crippen molar-refractivity contribution in [1.82, 2.24) is 10.7 Å². The van der Waals surface area contributed by atoms with Crippen molar-refractivity contribution in [3.63, 3.8) is 0 Å². The first kappa shape index (κ1) is 22.5. The van der Waals surface area contributed by atoms with Gasteiger partial charge in [0.15, 0.2) is 11.5 Å². The molecule has 0 spiro atoms. The van der Waals surface area contributed by atoms with Crippen LogP contribution in [-0.4, -0.2) is 38.3 Å². The van der Waals surface area contributed by atoms with E-state index >= 15 is 0 Å². The Hall–Kier alpha value is -2.77. The van der Waals surface area contributed by atoms with Gasteiger partial charge in [-0.3, -0.25) is 9.59 Å². The number of carbonyl (C=O) groups is 2. The average Bonchev–Trinajstić information content (AvgIpc) is 2.71. The third-order valence-electron chi connectivity index (χ3n) is 3.71. The second-order valence-electron chi connectivity index (χ2n) is 5.77. The number of hydrazone groups is 1. The zero-order valence-electron chi connectivity index (χ0n) is 16.0. The van der Waals surface area contributed by atoms with Gasteiger partial charge in [-0.25, -0.2) is 5.43 Å². The van der Waals surface area contributed by atoms with Gasteiger partial charge in [0.1, 0.15) is 0 Å². The Kier molecular flexibility index (Phi) is 8.76. The number of nitrogens with one attached hydrogen (secondary N) is 2. The largest absolute Gasteiger partial charge is 0.493 e. The van der Waals surface area contributed by atoms with Crippen molar-refractivity contribution >= 4 is 41.2 Å². The standard InChI is InChI=1S/C20H21Cl2N3O4/c1-3-29-17-7-4-13(10-18(17)28-2)12-24-25-19(26)8-9-23-20(27)14-5-6-15(21)16(22)11-14/h4-7,10-12H,3,8-9H2,1-2H3,(H,23,27)(H,25,26). The number of hydrogen-bond acceptors (Lipinski definition) is 5. The normalized spacial score (nSPS) is 10.6. The quantitative estimate of drug-likeness (QED) is 0.462. The zero-order valence-corrected chi connectivity index (χ0v) is 17.5. The van der Waals surface area contributed by atoms with Crippen LogP contribution in [-0.2, 0) is 4.79 Å². The van der Waals surface area contributed by atoms with Crippen molar-refractivity contribution in [3.8, 4) is 11.5 Å². The fourth-order valence-corrected chi connectivity index (χ4v) is 2.60. The lowest BCUT2D eigenvalue weighted by atomic mass is 10.2. The molecule has 0 aliphatic heterocycles. The smallest absolute Gasteiger partial charge is 0.251 e. The Morgan fingerprint density at radius 2 is 1.90 bits per heavy atom. The number of halogens is 2. The molecule has 154 valence electrons. The van der Waals surface area contributed by atoms with Crippen molar-refractivity contribution in [2.75, 3.05) is 20.3 Å². The summed E-state index contributed by atoms with van der Waals surface area (Å²) in [7, 11) is 1.55. The average molecular weight is 438 g/mol. The highest BCUT2D eigenvalue weighted by molar-refractivity contribution is 6.42. The van der Waals surface area contributed by atoms with Gasteiger partial charge >= 0.3 is 0 Å².